The van der Waals surface area contributed by atoms with Crippen LogP contribution in [0.15, 0.2) is 42.5 Å². The van der Waals surface area contributed by atoms with Gasteiger partial charge in [-0.15, -0.1) is 0 Å². The third-order valence-corrected chi connectivity index (χ3v) is 6.61. The van der Waals surface area contributed by atoms with Gasteiger partial charge in [0.15, 0.2) is 0 Å². The average molecular weight is 395 g/mol. The van der Waals surface area contributed by atoms with Crippen molar-refractivity contribution in [2.75, 3.05) is 58.2 Å². The normalized spacial score (nSPS) is 23.2. The number of carbonyl (C=O) groups excluding carboxylic acids is 1. The molecule has 0 spiro atoms. The molecule has 156 valence electrons. The Balaban J connectivity index is 1.32. The molecule has 2 heterocycles. The van der Waals surface area contributed by atoms with E-state index in [1.54, 1.807) is 0 Å². The molecule has 0 unspecified atom stereocenters. The summed E-state index contributed by atoms with van der Waals surface area (Å²) in [5.74, 6) is 0.767. The number of anilines is 1. The molecule has 1 N–H and O–H groups in total. The van der Waals surface area contributed by atoms with Crippen LogP contribution in [0.4, 0.5) is 5.69 Å². The number of carbonyl (C=O) groups is 1. The summed E-state index contributed by atoms with van der Waals surface area (Å²) in [6.07, 6.45) is 2.47. The standard InChI is InChI=1S/C24H34N4O/c1-19(24(29)25-23-10-9-21-7-3-4-8-22(21)16-23)28-11-5-6-20(18-28)17-27-14-12-26(2)13-15-27/h3-4,7-10,16,19-20H,5-6,11-15,17-18H2,1-2H3,(H,25,29)/t19-,20+/m1/s1. The van der Waals surface area contributed by atoms with Crippen molar-refractivity contribution in [1.82, 2.24) is 14.7 Å². The molecule has 0 aromatic heterocycles. The summed E-state index contributed by atoms with van der Waals surface area (Å²) in [6.45, 7) is 9.94. The minimum absolute atomic E-state index is 0.0977. The van der Waals surface area contributed by atoms with E-state index in [1.165, 1.54) is 51.0 Å². The van der Waals surface area contributed by atoms with Crippen LogP contribution in [0.3, 0.4) is 0 Å². The maximum Gasteiger partial charge on any atom is 0.241 e. The first-order valence-corrected chi connectivity index (χ1v) is 11.0. The maximum atomic E-state index is 12.9. The highest BCUT2D eigenvalue weighted by Gasteiger charge is 2.29. The zero-order chi connectivity index (χ0) is 20.2. The zero-order valence-corrected chi connectivity index (χ0v) is 17.8. The minimum atomic E-state index is -0.100. The van der Waals surface area contributed by atoms with Crippen LogP contribution in [-0.2, 0) is 4.79 Å². The molecule has 0 bridgehead atoms. The van der Waals surface area contributed by atoms with Crippen LogP contribution in [0, 0.1) is 5.92 Å². The van der Waals surface area contributed by atoms with E-state index in [0.717, 1.165) is 24.2 Å². The van der Waals surface area contributed by atoms with Crippen molar-refractivity contribution in [3.8, 4) is 0 Å². The van der Waals surface area contributed by atoms with Crippen molar-refractivity contribution in [2.24, 2.45) is 5.92 Å². The number of likely N-dealkylation sites (N-methyl/N-ethyl adjacent to an activating group) is 1. The van der Waals surface area contributed by atoms with Crippen LogP contribution in [0.25, 0.3) is 10.8 Å². The van der Waals surface area contributed by atoms with E-state index in [0.29, 0.717) is 5.92 Å². The lowest BCUT2D eigenvalue weighted by molar-refractivity contribution is -0.121. The van der Waals surface area contributed by atoms with Gasteiger partial charge in [0.05, 0.1) is 6.04 Å². The lowest BCUT2D eigenvalue weighted by atomic mass is 9.95. The van der Waals surface area contributed by atoms with E-state index in [9.17, 15) is 4.79 Å². The third kappa shape index (κ3) is 5.16. The molecule has 4 rings (SSSR count). The van der Waals surface area contributed by atoms with Crippen LogP contribution < -0.4 is 5.32 Å². The number of piperidine rings is 1. The molecular weight excluding hydrogens is 360 g/mol. The fraction of sp³-hybridized carbons (Fsp3) is 0.542. The number of benzene rings is 2. The molecule has 2 aromatic rings. The maximum absolute atomic E-state index is 12.9. The molecule has 2 aliphatic rings. The Labute approximate surface area is 174 Å². The molecule has 2 fully saturated rings. The van der Waals surface area contributed by atoms with Gasteiger partial charge in [0.2, 0.25) is 5.91 Å². The highest BCUT2D eigenvalue weighted by Crippen LogP contribution is 2.22. The highest BCUT2D eigenvalue weighted by atomic mass is 16.2. The number of piperazine rings is 1. The quantitative estimate of drug-likeness (QED) is 0.846. The topological polar surface area (TPSA) is 38.8 Å². The lowest BCUT2D eigenvalue weighted by Crippen LogP contribution is -2.51. The zero-order valence-electron chi connectivity index (χ0n) is 17.8. The molecule has 5 nitrogen and oxygen atoms in total. The van der Waals surface area contributed by atoms with Gasteiger partial charge in [-0.05, 0) is 62.2 Å². The second-order valence-electron chi connectivity index (χ2n) is 8.83. The number of fused-ring (bicyclic) bond motifs is 1. The molecule has 2 atom stereocenters. The molecule has 29 heavy (non-hydrogen) atoms. The van der Waals surface area contributed by atoms with Gasteiger partial charge in [-0.1, -0.05) is 30.3 Å². The SMILES string of the molecule is C[C@H](C(=O)Nc1ccc2ccccc2c1)N1CCC[C@@H](CN2CCN(C)CC2)C1. The molecule has 2 saturated heterocycles. The number of rotatable bonds is 5. The van der Waals surface area contributed by atoms with Gasteiger partial charge in [0, 0.05) is 45.0 Å². The Kier molecular flexibility index (Phi) is 6.48. The van der Waals surface area contributed by atoms with E-state index >= 15 is 0 Å². The van der Waals surface area contributed by atoms with E-state index in [2.05, 4.69) is 58.3 Å². The van der Waals surface area contributed by atoms with Crippen molar-refractivity contribution >= 4 is 22.4 Å². The van der Waals surface area contributed by atoms with Crippen LogP contribution in [0.1, 0.15) is 19.8 Å². The summed E-state index contributed by atoms with van der Waals surface area (Å²) in [5.41, 5.74) is 0.881. The van der Waals surface area contributed by atoms with E-state index in [-0.39, 0.29) is 11.9 Å². The van der Waals surface area contributed by atoms with Gasteiger partial charge in [-0.25, -0.2) is 0 Å². The number of nitrogens with zero attached hydrogens (tertiary/aromatic N) is 3. The first-order chi connectivity index (χ1) is 14.1. The van der Waals surface area contributed by atoms with E-state index in [4.69, 9.17) is 0 Å². The van der Waals surface area contributed by atoms with Gasteiger partial charge < -0.3 is 15.1 Å². The van der Waals surface area contributed by atoms with Gasteiger partial charge in [0.1, 0.15) is 0 Å². The summed E-state index contributed by atoms with van der Waals surface area (Å²) >= 11 is 0. The van der Waals surface area contributed by atoms with E-state index < -0.39 is 0 Å². The molecule has 0 aliphatic carbocycles. The van der Waals surface area contributed by atoms with Crippen LogP contribution in [0.2, 0.25) is 0 Å². The fourth-order valence-corrected chi connectivity index (χ4v) is 4.67. The average Bonchev–Trinajstić information content (AvgIpc) is 2.75. The smallest absolute Gasteiger partial charge is 0.241 e. The summed E-state index contributed by atoms with van der Waals surface area (Å²) in [7, 11) is 2.20. The second kappa shape index (κ2) is 9.24. The summed E-state index contributed by atoms with van der Waals surface area (Å²) in [4.78, 5) is 20.3. The Morgan fingerprint density at radius 2 is 1.83 bits per heavy atom. The molecule has 0 saturated carbocycles. The molecule has 2 aromatic carbocycles. The third-order valence-electron chi connectivity index (χ3n) is 6.61. The Bertz CT molecular complexity index is 830. The van der Waals surface area contributed by atoms with Crippen molar-refractivity contribution in [3.63, 3.8) is 0 Å². The van der Waals surface area contributed by atoms with Crippen LogP contribution in [0.5, 0.6) is 0 Å². The minimum Gasteiger partial charge on any atom is -0.325 e. The van der Waals surface area contributed by atoms with Gasteiger partial charge in [-0.2, -0.15) is 0 Å². The monoisotopic (exact) mass is 394 g/mol. The molecule has 2 aliphatic heterocycles. The summed E-state index contributed by atoms with van der Waals surface area (Å²) < 4.78 is 0. The Hall–Kier alpha value is -1.95. The molecule has 5 heteroatoms. The largest absolute Gasteiger partial charge is 0.325 e. The number of amides is 1. The number of likely N-dealkylation sites (tertiary alicyclic amines) is 1. The van der Waals surface area contributed by atoms with Crippen molar-refractivity contribution < 1.29 is 4.79 Å². The van der Waals surface area contributed by atoms with Crippen LogP contribution in [-0.4, -0.2) is 79.5 Å². The summed E-state index contributed by atoms with van der Waals surface area (Å²) in [5, 5.41) is 5.49. The molecule has 0 radical (unpaired) electrons. The number of hydrogen-bond donors (Lipinski definition) is 1. The molecular formula is C24H34N4O. The lowest BCUT2D eigenvalue weighted by Gasteiger charge is -2.40. The van der Waals surface area contributed by atoms with Crippen molar-refractivity contribution in [3.05, 3.63) is 42.5 Å². The Morgan fingerprint density at radius 1 is 1.07 bits per heavy atom. The van der Waals surface area contributed by atoms with Crippen LogP contribution >= 0.6 is 0 Å². The predicted molar refractivity (Wildman–Crippen MR) is 120 cm³/mol. The Morgan fingerprint density at radius 3 is 2.62 bits per heavy atom. The van der Waals surface area contributed by atoms with Crippen molar-refractivity contribution in [2.45, 2.75) is 25.8 Å². The van der Waals surface area contributed by atoms with Crippen molar-refractivity contribution in [1.29, 1.82) is 0 Å². The predicted octanol–water partition coefficient (Wildman–Crippen LogP) is 3.13. The number of hydrogen-bond acceptors (Lipinski definition) is 4. The fourth-order valence-electron chi connectivity index (χ4n) is 4.67. The van der Waals surface area contributed by atoms with Gasteiger partial charge >= 0.3 is 0 Å². The van der Waals surface area contributed by atoms with E-state index in [1.807, 2.05) is 18.2 Å². The highest BCUT2D eigenvalue weighted by molar-refractivity contribution is 5.97. The van der Waals surface area contributed by atoms with Gasteiger partial charge in [0.25, 0.3) is 0 Å². The first-order valence-electron chi connectivity index (χ1n) is 11.0. The second-order valence-corrected chi connectivity index (χ2v) is 8.83. The first kappa shape index (κ1) is 20.3. The molecule has 1 amide bonds. The number of nitrogens with one attached hydrogen (secondary N) is 1. The summed E-state index contributed by atoms with van der Waals surface area (Å²) in [6, 6.07) is 14.3. The van der Waals surface area contributed by atoms with Gasteiger partial charge in [-0.3, -0.25) is 9.69 Å².